The van der Waals surface area contributed by atoms with Gasteiger partial charge in [-0.2, -0.15) is 0 Å². The van der Waals surface area contributed by atoms with Gasteiger partial charge in [0, 0.05) is 29.0 Å². The quantitative estimate of drug-likeness (QED) is 0.791. The van der Waals surface area contributed by atoms with Crippen molar-refractivity contribution in [3.05, 3.63) is 59.7 Å². The number of ether oxygens (including phenoxy) is 2. The van der Waals surface area contributed by atoms with Gasteiger partial charge in [0.1, 0.15) is 11.5 Å². The number of primary amides is 1. The Hall–Kier alpha value is -3.28. The van der Waals surface area contributed by atoms with E-state index in [1.807, 2.05) is 13.0 Å². The molecule has 2 aromatic carbocycles. The first-order chi connectivity index (χ1) is 11.9. The number of anilines is 1. The number of carbonyl (C=O) groups excluding carboxylic acids is 2. The van der Waals surface area contributed by atoms with Gasteiger partial charge in [-0.1, -0.05) is 0 Å². The van der Waals surface area contributed by atoms with Crippen LogP contribution in [0.25, 0.3) is 5.57 Å². The summed E-state index contributed by atoms with van der Waals surface area (Å²) in [5.41, 5.74) is 7.67. The molecule has 0 unspecified atom stereocenters. The summed E-state index contributed by atoms with van der Waals surface area (Å²) in [6.45, 7) is 1.82. The van der Waals surface area contributed by atoms with Crippen molar-refractivity contribution < 1.29 is 19.1 Å². The van der Waals surface area contributed by atoms with Crippen LogP contribution in [-0.4, -0.2) is 26.0 Å². The number of rotatable bonds is 6. The highest BCUT2D eigenvalue weighted by molar-refractivity contribution is 6.04. The van der Waals surface area contributed by atoms with Crippen molar-refractivity contribution in [2.24, 2.45) is 5.73 Å². The summed E-state index contributed by atoms with van der Waals surface area (Å²) in [5, 5.41) is 2.74. The van der Waals surface area contributed by atoms with Crippen molar-refractivity contribution in [3.8, 4) is 11.5 Å². The molecule has 6 nitrogen and oxygen atoms in total. The van der Waals surface area contributed by atoms with Crippen molar-refractivity contribution in [1.82, 2.24) is 0 Å². The van der Waals surface area contributed by atoms with E-state index in [1.54, 1.807) is 50.6 Å². The second kappa shape index (κ2) is 8.01. The molecule has 0 bridgehead atoms. The highest BCUT2D eigenvalue weighted by Crippen LogP contribution is 2.29. The van der Waals surface area contributed by atoms with Gasteiger partial charge in [-0.15, -0.1) is 0 Å². The number of nitrogens with two attached hydrogens (primary N) is 1. The molecule has 0 spiro atoms. The summed E-state index contributed by atoms with van der Waals surface area (Å²) in [5.74, 6) is 0.488. The number of carbonyl (C=O) groups is 2. The van der Waals surface area contributed by atoms with E-state index in [0.29, 0.717) is 22.7 Å². The predicted molar refractivity (Wildman–Crippen MR) is 96.8 cm³/mol. The number of allylic oxidation sites excluding steroid dienone is 1. The van der Waals surface area contributed by atoms with Crippen molar-refractivity contribution >= 4 is 23.1 Å². The van der Waals surface area contributed by atoms with Crippen LogP contribution in [0.2, 0.25) is 0 Å². The SMILES string of the molecule is COc1ccc(/C(C)=C/C(=O)Nc2ccc(C(N)=O)cc2)c(OC)c1. The lowest BCUT2D eigenvalue weighted by Crippen LogP contribution is -2.12. The van der Waals surface area contributed by atoms with Crippen molar-refractivity contribution in [2.45, 2.75) is 6.92 Å². The third-order valence-corrected chi connectivity index (χ3v) is 3.62. The van der Waals surface area contributed by atoms with Gasteiger partial charge in [0.15, 0.2) is 0 Å². The molecular formula is C19H20N2O4. The van der Waals surface area contributed by atoms with Gasteiger partial charge in [-0.3, -0.25) is 9.59 Å². The summed E-state index contributed by atoms with van der Waals surface area (Å²) in [6, 6.07) is 11.7. The molecule has 3 N–H and O–H groups in total. The van der Waals surface area contributed by atoms with Crippen LogP contribution in [0.5, 0.6) is 11.5 Å². The van der Waals surface area contributed by atoms with E-state index in [0.717, 1.165) is 11.1 Å². The molecule has 130 valence electrons. The molecule has 0 saturated heterocycles. The molecule has 2 amide bonds. The Bertz CT molecular complexity index is 811. The molecule has 0 aliphatic rings. The van der Waals surface area contributed by atoms with Crippen molar-refractivity contribution in [3.63, 3.8) is 0 Å². The van der Waals surface area contributed by atoms with Gasteiger partial charge < -0.3 is 20.5 Å². The standard InChI is InChI=1S/C19H20N2O4/c1-12(16-9-8-15(24-2)11-17(16)25-3)10-18(22)21-14-6-4-13(5-7-14)19(20)23/h4-11H,1-3H3,(H2,20,23)(H,21,22)/b12-10+. The van der Waals surface area contributed by atoms with E-state index in [1.165, 1.54) is 6.08 Å². The Balaban J connectivity index is 2.16. The monoisotopic (exact) mass is 340 g/mol. The maximum absolute atomic E-state index is 12.2. The normalized spacial score (nSPS) is 10.9. The average molecular weight is 340 g/mol. The highest BCUT2D eigenvalue weighted by atomic mass is 16.5. The molecule has 0 atom stereocenters. The molecule has 0 saturated carbocycles. The van der Waals surface area contributed by atoms with Crippen LogP contribution in [0.3, 0.4) is 0 Å². The minimum atomic E-state index is -0.514. The Labute approximate surface area is 146 Å². The van der Waals surface area contributed by atoms with E-state index < -0.39 is 5.91 Å². The topological polar surface area (TPSA) is 90.6 Å². The fourth-order valence-corrected chi connectivity index (χ4v) is 2.29. The molecule has 2 rings (SSSR count). The van der Waals surface area contributed by atoms with Crippen LogP contribution in [0.15, 0.2) is 48.5 Å². The van der Waals surface area contributed by atoms with Crippen LogP contribution < -0.4 is 20.5 Å². The number of hydrogen-bond donors (Lipinski definition) is 2. The maximum atomic E-state index is 12.2. The van der Waals surface area contributed by atoms with E-state index >= 15 is 0 Å². The van der Waals surface area contributed by atoms with Crippen molar-refractivity contribution in [2.75, 3.05) is 19.5 Å². The van der Waals surface area contributed by atoms with Gasteiger partial charge in [0.2, 0.25) is 11.8 Å². The Morgan fingerprint density at radius 3 is 2.28 bits per heavy atom. The molecule has 25 heavy (non-hydrogen) atoms. The van der Waals surface area contributed by atoms with Crippen LogP contribution in [0.1, 0.15) is 22.8 Å². The van der Waals surface area contributed by atoms with Crippen LogP contribution in [0.4, 0.5) is 5.69 Å². The first-order valence-corrected chi connectivity index (χ1v) is 7.56. The molecule has 2 aromatic rings. The number of methoxy groups -OCH3 is 2. The van der Waals surface area contributed by atoms with Crippen LogP contribution in [-0.2, 0) is 4.79 Å². The van der Waals surface area contributed by atoms with Gasteiger partial charge in [0.25, 0.3) is 0 Å². The minimum Gasteiger partial charge on any atom is -0.497 e. The number of amides is 2. The highest BCUT2D eigenvalue weighted by Gasteiger charge is 2.09. The predicted octanol–water partition coefficient (Wildman–Crippen LogP) is 2.84. The summed E-state index contributed by atoms with van der Waals surface area (Å²) in [4.78, 5) is 23.2. The average Bonchev–Trinajstić information content (AvgIpc) is 2.61. The molecular weight excluding hydrogens is 320 g/mol. The summed E-state index contributed by atoms with van der Waals surface area (Å²) >= 11 is 0. The summed E-state index contributed by atoms with van der Waals surface area (Å²) < 4.78 is 10.5. The van der Waals surface area contributed by atoms with Gasteiger partial charge in [-0.25, -0.2) is 0 Å². The zero-order valence-corrected chi connectivity index (χ0v) is 14.3. The summed E-state index contributed by atoms with van der Waals surface area (Å²) in [7, 11) is 3.14. The first kappa shape index (κ1) is 18.1. The molecule has 0 fully saturated rings. The second-order valence-corrected chi connectivity index (χ2v) is 5.32. The van der Waals surface area contributed by atoms with Gasteiger partial charge >= 0.3 is 0 Å². The maximum Gasteiger partial charge on any atom is 0.248 e. The lowest BCUT2D eigenvalue weighted by Gasteiger charge is -2.11. The van der Waals surface area contributed by atoms with Crippen LogP contribution in [0, 0.1) is 0 Å². The smallest absolute Gasteiger partial charge is 0.248 e. The number of nitrogens with one attached hydrogen (secondary N) is 1. The second-order valence-electron chi connectivity index (χ2n) is 5.32. The van der Waals surface area contributed by atoms with E-state index in [4.69, 9.17) is 15.2 Å². The molecule has 0 aliphatic heterocycles. The Morgan fingerprint density at radius 2 is 1.72 bits per heavy atom. The Morgan fingerprint density at radius 1 is 1.04 bits per heavy atom. The van der Waals surface area contributed by atoms with Crippen LogP contribution >= 0.6 is 0 Å². The third kappa shape index (κ3) is 4.60. The fraction of sp³-hybridized carbons (Fsp3) is 0.158. The lowest BCUT2D eigenvalue weighted by molar-refractivity contribution is -0.111. The van der Waals surface area contributed by atoms with Gasteiger partial charge in [0.05, 0.1) is 14.2 Å². The zero-order valence-electron chi connectivity index (χ0n) is 14.3. The zero-order chi connectivity index (χ0) is 18.4. The van der Waals surface area contributed by atoms with E-state index in [-0.39, 0.29) is 5.91 Å². The number of hydrogen-bond acceptors (Lipinski definition) is 4. The molecule has 6 heteroatoms. The molecule has 0 heterocycles. The largest absolute Gasteiger partial charge is 0.497 e. The Kier molecular flexibility index (Phi) is 5.79. The van der Waals surface area contributed by atoms with Gasteiger partial charge in [-0.05, 0) is 48.9 Å². The minimum absolute atomic E-state index is 0.290. The third-order valence-electron chi connectivity index (χ3n) is 3.62. The number of benzene rings is 2. The fourth-order valence-electron chi connectivity index (χ4n) is 2.29. The van der Waals surface area contributed by atoms with E-state index in [9.17, 15) is 9.59 Å². The molecule has 0 radical (unpaired) electrons. The van der Waals surface area contributed by atoms with E-state index in [2.05, 4.69) is 5.32 Å². The molecule has 0 aliphatic carbocycles. The first-order valence-electron chi connectivity index (χ1n) is 7.56. The molecule has 0 aromatic heterocycles. The van der Waals surface area contributed by atoms with Crippen molar-refractivity contribution in [1.29, 1.82) is 0 Å². The lowest BCUT2D eigenvalue weighted by atomic mass is 10.1. The summed E-state index contributed by atoms with van der Waals surface area (Å²) in [6.07, 6.45) is 1.48.